The van der Waals surface area contributed by atoms with Crippen molar-refractivity contribution in [1.82, 2.24) is 0 Å². The van der Waals surface area contributed by atoms with E-state index in [4.69, 9.17) is 5.26 Å². The number of benzene rings is 1. The molecule has 1 unspecified atom stereocenters. The van der Waals surface area contributed by atoms with Crippen molar-refractivity contribution in [2.45, 2.75) is 38.1 Å². The van der Waals surface area contributed by atoms with Gasteiger partial charge >= 0.3 is 5.97 Å². The van der Waals surface area contributed by atoms with Crippen LogP contribution in [0.25, 0.3) is 0 Å². The van der Waals surface area contributed by atoms with E-state index in [1.807, 2.05) is 13.0 Å². The lowest BCUT2D eigenvalue weighted by molar-refractivity contribution is -0.143. The first-order chi connectivity index (χ1) is 9.97. The Balaban J connectivity index is 2.53. The Kier molecular flexibility index (Phi) is 4.52. The molecule has 1 heterocycles. The zero-order valence-corrected chi connectivity index (χ0v) is 13.3. The lowest BCUT2D eigenvalue weighted by Crippen LogP contribution is -2.51. The lowest BCUT2D eigenvalue weighted by atomic mass is 9.90. The summed E-state index contributed by atoms with van der Waals surface area (Å²) in [6.45, 7) is 2.42. The van der Waals surface area contributed by atoms with Crippen molar-refractivity contribution in [3.8, 4) is 6.07 Å². The Hall–Kier alpha value is -1.61. The van der Waals surface area contributed by atoms with E-state index in [1.54, 1.807) is 4.90 Å². The number of carbonyl (C=O) groups is 1. The molecule has 21 heavy (non-hydrogen) atoms. The number of nitrogens with zero attached hydrogens (tertiary/aromatic N) is 2. The van der Waals surface area contributed by atoms with Crippen LogP contribution in [0.4, 0.5) is 10.1 Å². The Morgan fingerprint density at radius 1 is 1.62 bits per heavy atom. The lowest BCUT2D eigenvalue weighted by Gasteiger charge is -2.36. The Labute approximate surface area is 131 Å². The highest BCUT2D eigenvalue weighted by Gasteiger charge is 2.47. The van der Waals surface area contributed by atoms with E-state index in [9.17, 15) is 14.3 Å². The zero-order valence-electron chi connectivity index (χ0n) is 11.7. The minimum Gasteiger partial charge on any atom is -0.479 e. The van der Waals surface area contributed by atoms with Gasteiger partial charge in [-0.3, -0.25) is 0 Å². The molecule has 0 radical (unpaired) electrons. The molecular formula is C15H16BrFN2O2. The van der Waals surface area contributed by atoms with E-state index in [2.05, 4.69) is 15.9 Å². The van der Waals surface area contributed by atoms with E-state index < -0.39 is 17.3 Å². The van der Waals surface area contributed by atoms with Crippen LogP contribution in [-0.4, -0.2) is 23.2 Å². The quantitative estimate of drug-likeness (QED) is 0.895. The van der Waals surface area contributed by atoms with Gasteiger partial charge in [-0.15, -0.1) is 0 Å². The maximum atomic E-state index is 14.5. The summed E-state index contributed by atoms with van der Waals surface area (Å²) < 4.78 is 14.6. The van der Waals surface area contributed by atoms with Gasteiger partial charge in [-0.2, -0.15) is 5.26 Å². The molecule has 0 amide bonds. The van der Waals surface area contributed by atoms with Gasteiger partial charge < -0.3 is 10.0 Å². The van der Waals surface area contributed by atoms with Crippen molar-refractivity contribution >= 4 is 27.6 Å². The second kappa shape index (κ2) is 6.02. The fourth-order valence-electron chi connectivity index (χ4n) is 3.07. The average Bonchev–Trinajstić information content (AvgIpc) is 2.87. The number of rotatable bonds is 4. The van der Waals surface area contributed by atoms with Gasteiger partial charge in [0.25, 0.3) is 0 Å². The number of carboxylic acid groups (broad SMARTS) is 1. The maximum absolute atomic E-state index is 14.5. The maximum Gasteiger partial charge on any atom is 0.329 e. The van der Waals surface area contributed by atoms with E-state index >= 15 is 0 Å². The van der Waals surface area contributed by atoms with Crippen molar-refractivity contribution < 1.29 is 14.3 Å². The van der Waals surface area contributed by atoms with Gasteiger partial charge in [0.05, 0.1) is 15.7 Å². The monoisotopic (exact) mass is 354 g/mol. The van der Waals surface area contributed by atoms with Crippen molar-refractivity contribution in [2.75, 3.05) is 11.4 Å². The molecule has 4 nitrogen and oxygen atoms in total. The third kappa shape index (κ3) is 2.51. The summed E-state index contributed by atoms with van der Waals surface area (Å²) in [5, 5.41) is 18.6. The number of hydrogen-bond donors (Lipinski definition) is 1. The summed E-state index contributed by atoms with van der Waals surface area (Å²) in [4.78, 5) is 13.4. The SMILES string of the molecule is CCCC1(C(=O)O)CCCN1c1ccc(C#N)c(Br)c1F. The van der Waals surface area contributed by atoms with Crippen molar-refractivity contribution in [2.24, 2.45) is 0 Å². The van der Waals surface area contributed by atoms with Crippen LogP contribution in [0.2, 0.25) is 0 Å². The van der Waals surface area contributed by atoms with Gasteiger partial charge in [0.1, 0.15) is 11.6 Å². The van der Waals surface area contributed by atoms with Crippen molar-refractivity contribution in [3.63, 3.8) is 0 Å². The van der Waals surface area contributed by atoms with Gasteiger partial charge in [-0.1, -0.05) is 13.3 Å². The molecule has 1 aliphatic rings. The molecule has 1 N–H and O–H groups in total. The van der Waals surface area contributed by atoms with Crippen LogP contribution in [-0.2, 0) is 4.79 Å². The number of nitriles is 1. The Bertz CT molecular complexity index is 614. The molecule has 1 saturated heterocycles. The highest BCUT2D eigenvalue weighted by atomic mass is 79.9. The molecule has 1 aliphatic heterocycles. The van der Waals surface area contributed by atoms with Crippen LogP contribution in [0.5, 0.6) is 0 Å². The van der Waals surface area contributed by atoms with E-state index in [0.29, 0.717) is 32.2 Å². The highest BCUT2D eigenvalue weighted by Crippen LogP contribution is 2.40. The normalized spacial score (nSPS) is 21.3. The topological polar surface area (TPSA) is 64.3 Å². The summed E-state index contributed by atoms with van der Waals surface area (Å²) in [7, 11) is 0. The summed E-state index contributed by atoms with van der Waals surface area (Å²) in [5.41, 5.74) is -0.607. The molecule has 0 aliphatic carbocycles. The van der Waals surface area contributed by atoms with E-state index in [0.717, 1.165) is 0 Å². The van der Waals surface area contributed by atoms with Gasteiger partial charge in [0.2, 0.25) is 0 Å². The fourth-order valence-corrected chi connectivity index (χ4v) is 3.49. The predicted molar refractivity (Wildman–Crippen MR) is 80.7 cm³/mol. The number of hydrogen-bond acceptors (Lipinski definition) is 3. The first-order valence-corrected chi connectivity index (χ1v) is 7.66. The fraction of sp³-hybridized carbons (Fsp3) is 0.467. The van der Waals surface area contributed by atoms with Gasteiger partial charge in [0, 0.05) is 6.54 Å². The van der Waals surface area contributed by atoms with Crippen LogP contribution in [0.15, 0.2) is 16.6 Å². The summed E-state index contributed by atoms with van der Waals surface area (Å²) in [6.07, 6.45) is 2.40. The molecule has 0 spiro atoms. The molecule has 1 aromatic carbocycles. The van der Waals surface area contributed by atoms with Gasteiger partial charge in [-0.05, 0) is 47.3 Å². The van der Waals surface area contributed by atoms with Crippen LogP contribution >= 0.6 is 15.9 Å². The summed E-state index contributed by atoms with van der Waals surface area (Å²) in [6, 6.07) is 4.91. The van der Waals surface area contributed by atoms with Crippen LogP contribution < -0.4 is 4.90 Å². The highest BCUT2D eigenvalue weighted by molar-refractivity contribution is 9.10. The third-order valence-electron chi connectivity index (χ3n) is 4.02. The third-order valence-corrected chi connectivity index (χ3v) is 4.80. The number of anilines is 1. The van der Waals surface area contributed by atoms with Crippen molar-refractivity contribution in [3.05, 3.63) is 28.0 Å². The molecule has 2 rings (SSSR count). The molecule has 0 saturated carbocycles. The molecule has 0 aromatic heterocycles. The van der Waals surface area contributed by atoms with E-state index in [1.165, 1.54) is 12.1 Å². The minimum absolute atomic E-state index is 0.0881. The van der Waals surface area contributed by atoms with Crippen LogP contribution in [0.1, 0.15) is 38.2 Å². The Morgan fingerprint density at radius 2 is 2.33 bits per heavy atom. The molecular weight excluding hydrogens is 339 g/mol. The molecule has 112 valence electrons. The number of carboxylic acids is 1. The molecule has 0 bridgehead atoms. The largest absolute Gasteiger partial charge is 0.479 e. The predicted octanol–water partition coefficient (Wildman–Crippen LogP) is 3.68. The van der Waals surface area contributed by atoms with Crippen LogP contribution in [0.3, 0.4) is 0 Å². The van der Waals surface area contributed by atoms with Crippen molar-refractivity contribution in [1.29, 1.82) is 5.26 Å². The van der Waals surface area contributed by atoms with Gasteiger partial charge in [0.15, 0.2) is 5.82 Å². The van der Waals surface area contributed by atoms with E-state index in [-0.39, 0.29) is 15.7 Å². The summed E-state index contributed by atoms with van der Waals surface area (Å²) >= 11 is 3.08. The summed E-state index contributed by atoms with van der Waals surface area (Å²) in [5.74, 6) is -1.49. The number of aliphatic carboxylic acids is 1. The smallest absolute Gasteiger partial charge is 0.329 e. The molecule has 1 atom stereocenters. The average molecular weight is 355 g/mol. The first-order valence-electron chi connectivity index (χ1n) is 6.87. The zero-order chi connectivity index (χ0) is 15.6. The minimum atomic E-state index is -1.05. The molecule has 1 fully saturated rings. The van der Waals surface area contributed by atoms with Gasteiger partial charge in [-0.25, -0.2) is 9.18 Å². The number of halogens is 2. The standard InChI is InChI=1S/C15H16BrFN2O2/c1-2-6-15(14(20)21)7-3-8-19(15)11-5-4-10(9-18)12(16)13(11)17/h4-5H,2-3,6-8H2,1H3,(H,20,21). The molecule has 6 heteroatoms. The molecule has 1 aromatic rings. The van der Waals surface area contributed by atoms with Crippen LogP contribution in [0, 0.1) is 17.1 Å². The Morgan fingerprint density at radius 3 is 2.90 bits per heavy atom. The second-order valence-electron chi connectivity index (χ2n) is 5.21. The second-order valence-corrected chi connectivity index (χ2v) is 6.01. The first kappa shape index (κ1) is 15.8.